The number of likely N-dealkylation sites (tertiary alicyclic amines) is 1. The first-order valence-corrected chi connectivity index (χ1v) is 6.72. The number of fused-ring (bicyclic) bond motifs is 1. The summed E-state index contributed by atoms with van der Waals surface area (Å²) in [4.78, 5) is 24.9. The van der Waals surface area contributed by atoms with Crippen molar-refractivity contribution in [1.29, 1.82) is 0 Å². The summed E-state index contributed by atoms with van der Waals surface area (Å²) in [5.41, 5.74) is 1.12. The van der Waals surface area contributed by atoms with E-state index in [1.54, 1.807) is 0 Å². The number of nitrogens with zero attached hydrogens (tertiary/aromatic N) is 1. The largest absolute Gasteiger partial charge is 0.480 e. The average molecular weight is 275 g/mol. The van der Waals surface area contributed by atoms with E-state index in [2.05, 4.69) is 10.6 Å². The molecule has 2 heterocycles. The zero-order valence-corrected chi connectivity index (χ0v) is 11.1. The zero-order valence-electron chi connectivity index (χ0n) is 11.1. The maximum atomic E-state index is 12.4. The zero-order chi connectivity index (χ0) is 14.2. The minimum atomic E-state index is -0.827. The lowest BCUT2D eigenvalue weighted by Gasteiger charge is -2.44. The Morgan fingerprint density at radius 2 is 1.90 bits per heavy atom. The second-order valence-corrected chi connectivity index (χ2v) is 5.38. The van der Waals surface area contributed by atoms with E-state index in [1.165, 1.54) is 0 Å². The molecule has 1 aromatic carbocycles. The highest BCUT2D eigenvalue weighted by atomic mass is 16.4. The Kier molecular flexibility index (Phi) is 3.10. The van der Waals surface area contributed by atoms with Gasteiger partial charge < -0.3 is 15.7 Å². The van der Waals surface area contributed by atoms with Crippen LogP contribution >= 0.6 is 0 Å². The summed E-state index contributed by atoms with van der Waals surface area (Å²) in [6.07, 6.45) is 1.22. The van der Waals surface area contributed by atoms with E-state index in [4.69, 9.17) is 5.11 Å². The molecule has 1 fully saturated rings. The number of nitrogens with one attached hydrogen (secondary N) is 2. The van der Waals surface area contributed by atoms with Crippen LogP contribution in [0, 0.1) is 0 Å². The van der Waals surface area contributed by atoms with Crippen LogP contribution in [0.25, 0.3) is 0 Å². The number of amides is 1. The number of carbonyl (C=O) groups is 2. The number of carboxylic acids is 1. The van der Waals surface area contributed by atoms with Crippen LogP contribution in [0.2, 0.25) is 0 Å². The van der Waals surface area contributed by atoms with Gasteiger partial charge in [-0.05, 0) is 25.0 Å². The summed E-state index contributed by atoms with van der Waals surface area (Å²) >= 11 is 0. The fourth-order valence-corrected chi connectivity index (χ4v) is 2.89. The number of para-hydroxylation sites is 2. The lowest BCUT2D eigenvalue weighted by atomic mass is 9.84. The predicted octanol–water partition coefficient (Wildman–Crippen LogP) is 0.970. The third-order valence-electron chi connectivity index (χ3n) is 4.05. The number of rotatable bonds is 2. The standard InChI is InChI=1S/C14H17N3O3/c18-12(19)9-17-7-5-14(6-8-17)13(20)15-10-3-1-2-4-11(10)16-14/h1-4,16H,5-9H2,(H,15,20)(H,18,19). The maximum Gasteiger partial charge on any atom is 0.317 e. The predicted molar refractivity (Wildman–Crippen MR) is 74.7 cm³/mol. The first-order chi connectivity index (χ1) is 9.59. The van der Waals surface area contributed by atoms with Crippen LogP contribution in [0.4, 0.5) is 11.4 Å². The van der Waals surface area contributed by atoms with Gasteiger partial charge in [-0.2, -0.15) is 0 Å². The van der Waals surface area contributed by atoms with Crippen LogP contribution in [0.3, 0.4) is 0 Å². The number of benzene rings is 1. The molecular weight excluding hydrogens is 258 g/mol. The fraction of sp³-hybridized carbons (Fsp3) is 0.429. The maximum absolute atomic E-state index is 12.4. The number of hydrogen-bond donors (Lipinski definition) is 3. The van der Waals surface area contributed by atoms with Crippen molar-refractivity contribution < 1.29 is 14.7 Å². The molecule has 1 aromatic rings. The molecule has 0 radical (unpaired) electrons. The average Bonchev–Trinajstić information content (AvgIpc) is 2.42. The van der Waals surface area contributed by atoms with Crippen molar-refractivity contribution in [2.45, 2.75) is 18.4 Å². The van der Waals surface area contributed by atoms with E-state index in [0.717, 1.165) is 11.4 Å². The molecule has 0 bridgehead atoms. The van der Waals surface area contributed by atoms with E-state index in [-0.39, 0.29) is 12.5 Å². The molecule has 1 saturated heterocycles. The Labute approximate surface area is 116 Å². The van der Waals surface area contributed by atoms with Crippen LogP contribution in [0.15, 0.2) is 24.3 Å². The van der Waals surface area contributed by atoms with Gasteiger partial charge >= 0.3 is 5.97 Å². The highest BCUT2D eigenvalue weighted by molar-refractivity contribution is 6.06. The summed E-state index contributed by atoms with van der Waals surface area (Å²) in [5, 5.41) is 15.1. The van der Waals surface area contributed by atoms with Crippen LogP contribution in [0.1, 0.15) is 12.8 Å². The molecule has 6 nitrogen and oxygen atoms in total. The quantitative estimate of drug-likeness (QED) is 0.749. The molecule has 0 aliphatic carbocycles. The molecule has 0 saturated carbocycles. The Bertz CT molecular complexity index is 550. The lowest BCUT2D eigenvalue weighted by Crippen LogP contribution is -2.58. The summed E-state index contributed by atoms with van der Waals surface area (Å²) in [7, 11) is 0. The van der Waals surface area contributed by atoms with Gasteiger partial charge in [0.25, 0.3) is 0 Å². The van der Waals surface area contributed by atoms with Gasteiger partial charge in [-0.25, -0.2) is 0 Å². The third-order valence-corrected chi connectivity index (χ3v) is 4.05. The van der Waals surface area contributed by atoms with E-state index in [9.17, 15) is 9.59 Å². The minimum Gasteiger partial charge on any atom is -0.480 e. The van der Waals surface area contributed by atoms with Gasteiger partial charge in [-0.15, -0.1) is 0 Å². The van der Waals surface area contributed by atoms with Crippen molar-refractivity contribution in [3.8, 4) is 0 Å². The first kappa shape index (κ1) is 12.9. The number of aliphatic carboxylic acids is 1. The highest BCUT2D eigenvalue weighted by Crippen LogP contribution is 2.36. The molecule has 20 heavy (non-hydrogen) atoms. The van der Waals surface area contributed by atoms with Crippen molar-refractivity contribution in [3.63, 3.8) is 0 Å². The summed E-state index contributed by atoms with van der Waals surface area (Å²) in [6.45, 7) is 1.25. The smallest absolute Gasteiger partial charge is 0.317 e. The Morgan fingerprint density at radius 1 is 1.25 bits per heavy atom. The molecule has 0 unspecified atom stereocenters. The number of hydrogen-bond acceptors (Lipinski definition) is 4. The van der Waals surface area contributed by atoms with Gasteiger partial charge in [0.05, 0.1) is 17.9 Å². The van der Waals surface area contributed by atoms with Crippen LogP contribution < -0.4 is 10.6 Å². The molecule has 0 atom stereocenters. The monoisotopic (exact) mass is 275 g/mol. The number of carbonyl (C=O) groups excluding carboxylic acids is 1. The van der Waals surface area contributed by atoms with Gasteiger partial charge in [0.1, 0.15) is 5.54 Å². The van der Waals surface area contributed by atoms with Crippen molar-refractivity contribution in [3.05, 3.63) is 24.3 Å². The van der Waals surface area contributed by atoms with Crippen molar-refractivity contribution in [2.24, 2.45) is 0 Å². The normalized spacial score (nSPS) is 20.9. The van der Waals surface area contributed by atoms with Gasteiger partial charge in [-0.1, -0.05) is 12.1 Å². The Morgan fingerprint density at radius 3 is 2.55 bits per heavy atom. The van der Waals surface area contributed by atoms with Crippen molar-refractivity contribution in [2.75, 3.05) is 30.3 Å². The molecule has 1 spiro atoms. The molecule has 1 amide bonds. The third kappa shape index (κ3) is 2.22. The van der Waals surface area contributed by atoms with Gasteiger partial charge in [0.2, 0.25) is 5.91 Å². The van der Waals surface area contributed by atoms with E-state index >= 15 is 0 Å². The molecule has 6 heteroatoms. The minimum absolute atomic E-state index is 0.0221. The second kappa shape index (κ2) is 4.79. The van der Waals surface area contributed by atoms with Gasteiger partial charge in [0, 0.05) is 13.1 Å². The molecule has 3 rings (SSSR count). The molecule has 2 aliphatic heterocycles. The van der Waals surface area contributed by atoms with Crippen LogP contribution in [0.5, 0.6) is 0 Å². The summed E-state index contributed by atoms with van der Waals surface area (Å²) < 4.78 is 0. The summed E-state index contributed by atoms with van der Waals surface area (Å²) in [6, 6.07) is 7.62. The second-order valence-electron chi connectivity index (χ2n) is 5.38. The molecule has 106 valence electrons. The van der Waals surface area contributed by atoms with E-state index in [0.29, 0.717) is 25.9 Å². The SMILES string of the molecule is O=C(O)CN1CCC2(CC1)Nc1ccccc1NC2=O. The molecular formula is C14H17N3O3. The van der Waals surface area contributed by atoms with Crippen LogP contribution in [-0.2, 0) is 9.59 Å². The highest BCUT2D eigenvalue weighted by Gasteiger charge is 2.44. The molecule has 0 aromatic heterocycles. The van der Waals surface area contributed by atoms with Crippen molar-refractivity contribution in [1.82, 2.24) is 4.90 Å². The van der Waals surface area contributed by atoms with Crippen LogP contribution in [-0.4, -0.2) is 47.1 Å². The number of piperidine rings is 1. The summed E-state index contributed by atoms with van der Waals surface area (Å²) in [5.74, 6) is -0.849. The van der Waals surface area contributed by atoms with E-state index < -0.39 is 11.5 Å². The number of anilines is 2. The Hall–Kier alpha value is -2.08. The van der Waals surface area contributed by atoms with Gasteiger partial charge in [0.15, 0.2) is 0 Å². The topological polar surface area (TPSA) is 81.7 Å². The van der Waals surface area contributed by atoms with Crippen molar-refractivity contribution >= 4 is 23.3 Å². The molecule has 3 N–H and O–H groups in total. The van der Waals surface area contributed by atoms with Gasteiger partial charge in [-0.3, -0.25) is 14.5 Å². The fourth-order valence-electron chi connectivity index (χ4n) is 2.89. The first-order valence-electron chi connectivity index (χ1n) is 6.72. The van der Waals surface area contributed by atoms with E-state index in [1.807, 2.05) is 29.2 Å². The lowest BCUT2D eigenvalue weighted by molar-refractivity contribution is -0.138. The number of carboxylic acid groups (broad SMARTS) is 1. The Balaban J connectivity index is 1.75. The molecule has 2 aliphatic rings.